The fourth-order valence-corrected chi connectivity index (χ4v) is 4.88. The normalized spacial score (nSPS) is 13.7. The van der Waals surface area contributed by atoms with E-state index in [0.29, 0.717) is 34.6 Å². The minimum Gasteiger partial charge on any atom is -0.465 e. The first kappa shape index (κ1) is 26.1. The van der Waals surface area contributed by atoms with Gasteiger partial charge in [0.15, 0.2) is 0 Å². The first-order valence-corrected chi connectivity index (χ1v) is 12.8. The van der Waals surface area contributed by atoms with Crippen molar-refractivity contribution in [1.29, 1.82) is 0 Å². The van der Waals surface area contributed by atoms with Gasteiger partial charge in [0.1, 0.15) is 0 Å². The van der Waals surface area contributed by atoms with Crippen LogP contribution in [0.3, 0.4) is 0 Å². The number of benzene rings is 2. The van der Waals surface area contributed by atoms with E-state index in [1.54, 1.807) is 30.0 Å². The van der Waals surface area contributed by atoms with E-state index in [9.17, 15) is 14.4 Å². The monoisotopic (exact) mass is 518 g/mol. The van der Waals surface area contributed by atoms with Crippen LogP contribution in [0.5, 0.6) is 0 Å². The number of carbonyl (C=O) groups excluding carboxylic acids is 3. The molecule has 192 valence electrons. The Balaban J connectivity index is 1.65. The number of hydrogen-bond acceptors (Lipinski definition) is 7. The van der Waals surface area contributed by atoms with E-state index in [4.69, 9.17) is 4.74 Å². The van der Waals surface area contributed by atoms with Crippen molar-refractivity contribution < 1.29 is 19.1 Å². The summed E-state index contributed by atoms with van der Waals surface area (Å²) in [6, 6.07) is 14.6. The molecule has 2 amide bonds. The first-order valence-electron chi connectivity index (χ1n) is 11.9. The van der Waals surface area contributed by atoms with Crippen LogP contribution >= 0.6 is 11.3 Å². The second kappa shape index (κ2) is 11.4. The molecule has 2 heterocycles. The summed E-state index contributed by atoms with van der Waals surface area (Å²) >= 11 is 1.53. The number of thiophene rings is 1. The molecule has 0 atom stereocenters. The molecule has 0 saturated carbocycles. The quantitative estimate of drug-likeness (QED) is 0.313. The molecule has 2 N–H and O–H groups in total. The summed E-state index contributed by atoms with van der Waals surface area (Å²) in [5, 5.41) is 10.2. The maximum absolute atomic E-state index is 13.1. The summed E-state index contributed by atoms with van der Waals surface area (Å²) in [4.78, 5) is 41.2. The zero-order valence-corrected chi connectivity index (χ0v) is 22.1. The third-order valence-electron chi connectivity index (χ3n) is 6.06. The Morgan fingerprint density at radius 3 is 2.41 bits per heavy atom. The molecule has 2 aromatic carbocycles. The second-order valence-corrected chi connectivity index (χ2v) is 9.75. The number of ether oxygens (including phenoxy) is 1. The van der Waals surface area contributed by atoms with Gasteiger partial charge in [0.2, 0.25) is 5.91 Å². The van der Waals surface area contributed by atoms with Gasteiger partial charge in [-0.15, -0.1) is 0 Å². The highest BCUT2D eigenvalue weighted by Gasteiger charge is 2.29. The van der Waals surface area contributed by atoms with Crippen molar-refractivity contribution in [3.8, 4) is 0 Å². The lowest BCUT2D eigenvalue weighted by Gasteiger charge is -2.23. The van der Waals surface area contributed by atoms with Crippen molar-refractivity contribution in [1.82, 2.24) is 4.90 Å². The van der Waals surface area contributed by atoms with Crippen LogP contribution in [0.25, 0.3) is 11.3 Å². The Kier molecular flexibility index (Phi) is 8.05. The molecule has 0 aliphatic carbocycles. The Bertz CT molecular complexity index is 1330. The van der Waals surface area contributed by atoms with Gasteiger partial charge in [-0.2, -0.15) is 11.3 Å². The third-order valence-corrected chi connectivity index (χ3v) is 6.74. The van der Waals surface area contributed by atoms with Crippen LogP contribution in [0, 0.1) is 0 Å². The predicted molar refractivity (Wildman–Crippen MR) is 149 cm³/mol. The van der Waals surface area contributed by atoms with Crippen LogP contribution in [-0.2, 0) is 14.3 Å². The summed E-state index contributed by atoms with van der Waals surface area (Å²) in [6.07, 6.45) is 0.868. The van der Waals surface area contributed by atoms with Crippen molar-refractivity contribution in [3.63, 3.8) is 0 Å². The molecule has 4 rings (SSSR count). The van der Waals surface area contributed by atoms with E-state index in [1.807, 2.05) is 55.2 Å². The molecular formula is C28H30N4O4S. The van der Waals surface area contributed by atoms with Crippen LogP contribution in [0.2, 0.25) is 0 Å². The minimum absolute atomic E-state index is 0.00824. The number of nitrogens with zero attached hydrogens (tertiary/aromatic N) is 2. The molecular weight excluding hydrogens is 488 g/mol. The van der Waals surface area contributed by atoms with Gasteiger partial charge in [-0.05, 0) is 74.9 Å². The number of methoxy groups -OCH3 is 1. The maximum Gasteiger partial charge on any atom is 0.337 e. The maximum atomic E-state index is 13.1. The molecule has 0 radical (unpaired) electrons. The van der Waals surface area contributed by atoms with Crippen LogP contribution in [-0.4, -0.2) is 57.0 Å². The standard InChI is InChI=1S/C28H30N4O4S/c1-18(33)32(14-5-13-31(2)3)22-9-7-21(8-10-22)29-26(20-12-15-37-17-20)25-23-11-6-19(28(35)36-4)16-24(23)30-27(25)34/h6-12,15-17,29H,5,13-14H2,1-4H3,(H,30,34)/b26-25-. The number of amides is 2. The van der Waals surface area contributed by atoms with E-state index >= 15 is 0 Å². The number of nitrogens with one attached hydrogen (secondary N) is 2. The van der Waals surface area contributed by atoms with Crippen molar-refractivity contribution >= 4 is 57.5 Å². The van der Waals surface area contributed by atoms with Gasteiger partial charge >= 0.3 is 5.97 Å². The first-order chi connectivity index (χ1) is 17.8. The van der Waals surface area contributed by atoms with Crippen molar-refractivity contribution in [2.24, 2.45) is 0 Å². The number of esters is 1. The molecule has 0 saturated heterocycles. The lowest BCUT2D eigenvalue weighted by atomic mass is 10.00. The molecule has 3 aromatic rings. The molecule has 37 heavy (non-hydrogen) atoms. The van der Waals surface area contributed by atoms with Crippen LogP contribution in [0.1, 0.15) is 34.8 Å². The zero-order chi connectivity index (χ0) is 26.5. The number of fused-ring (bicyclic) bond motifs is 1. The van der Waals surface area contributed by atoms with E-state index < -0.39 is 5.97 Å². The summed E-state index contributed by atoms with van der Waals surface area (Å²) < 4.78 is 4.81. The van der Waals surface area contributed by atoms with Crippen LogP contribution < -0.4 is 15.5 Å². The predicted octanol–water partition coefficient (Wildman–Crippen LogP) is 4.77. The molecule has 0 spiro atoms. The Labute approximate surface area is 220 Å². The van der Waals surface area contributed by atoms with Crippen molar-refractivity contribution in [2.75, 3.05) is 49.8 Å². The van der Waals surface area contributed by atoms with Crippen molar-refractivity contribution in [2.45, 2.75) is 13.3 Å². The zero-order valence-electron chi connectivity index (χ0n) is 21.3. The highest BCUT2D eigenvalue weighted by atomic mass is 32.1. The summed E-state index contributed by atoms with van der Waals surface area (Å²) in [7, 11) is 5.35. The summed E-state index contributed by atoms with van der Waals surface area (Å²) in [5.74, 6) is -0.732. The van der Waals surface area contributed by atoms with E-state index in [2.05, 4.69) is 15.5 Å². The molecule has 9 heteroatoms. The number of rotatable bonds is 9. The molecule has 0 fully saturated rings. The molecule has 1 aromatic heterocycles. The highest BCUT2D eigenvalue weighted by molar-refractivity contribution is 7.08. The van der Waals surface area contributed by atoms with Gasteiger partial charge in [-0.25, -0.2) is 4.79 Å². The Morgan fingerprint density at radius 1 is 1.03 bits per heavy atom. The van der Waals surface area contributed by atoms with Crippen LogP contribution in [0.4, 0.5) is 17.1 Å². The number of anilines is 3. The van der Waals surface area contributed by atoms with Gasteiger partial charge in [0.25, 0.3) is 5.91 Å². The topological polar surface area (TPSA) is 91.0 Å². The summed E-state index contributed by atoms with van der Waals surface area (Å²) in [6.45, 7) is 3.10. The average molecular weight is 519 g/mol. The van der Waals surface area contributed by atoms with Crippen molar-refractivity contribution in [3.05, 3.63) is 76.0 Å². The fraction of sp³-hybridized carbons (Fsp3) is 0.250. The van der Waals surface area contributed by atoms with Crippen LogP contribution in [0.15, 0.2) is 59.3 Å². The fourth-order valence-electron chi connectivity index (χ4n) is 4.23. The molecule has 1 aliphatic rings. The Morgan fingerprint density at radius 2 is 1.78 bits per heavy atom. The van der Waals surface area contributed by atoms with Gasteiger partial charge in [-0.3, -0.25) is 9.59 Å². The van der Waals surface area contributed by atoms with Gasteiger partial charge in [0, 0.05) is 41.4 Å². The lowest BCUT2D eigenvalue weighted by Crippen LogP contribution is -2.31. The minimum atomic E-state index is -0.466. The highest BCUT2D eigenvalue weighted by Crippen LogP contribution is 2.38. The molecule has 1 aliphatic heterocycles. The molecule has 0 bridgehead atoms. The lowest BCUT2D eigenvalue weighted by molar-refractivity contribution is -0.116. The number of hydrogen-bond donors (Lipinski definition) is 2. The van der Waals surface area contributed by atoms with Gasteiger partial charge in [0.05, 0.1) is 29.6 Å². The van der Waals surface area contributed by atoms with Gasteiger partial charge in [-0.1, -0.05) is 6.07 Å². The average Bonchev–Trinajstić information content (AvgIpc) is 3.52. The SMILES string of the molecule is COC(=O)c1ccc2c(c1)NC(=O)/C2=C(\Nc1ccc(N(CCCN(C)C)C(C)=O)cc1)c1ccsc1. The molecule has 8 nitrogen and oxygen atoms in total. The second-order valence-electron chi connectivity index (χ2n) is 8.97. The summed E-state index contributed by atoms with van der Waals surface area (Å²) in [5.41, 5.74) is 5.24. The van der Waals surface area contributed by atoms with E-state index in [-0.39, 0.29) is 11.8 Å². The third kappa shape index (κ3) is 5.90. The van der Waals surface area contributed by atoms with E-state index in [0.717, 1.165) is 29.9 Å². The van der Waals surface area contributed by atoms with Gasteiger partial charge < -0.3 is 25.2 Å². The van der Waals surface area contributed by atoms with E-state index in [1.165, 1.54) is 18.4 Å². The Hall–Kier alpha value is -3.95. The molecule has 0 unspecified atom stereocenters. The largest absolute Gasteiger partial charge is 0.465 e. The smallest absolute Gasteiger partial charge is 0.337 e. The number of carbonyl (C=O) groups is 3.